The minimum absolute atomic E-state index is 0.0776. The van der Waals surface area contributed by atoms with E-state index in [1.165, 1.54) is 0 Å². The first-order valence-electron chi connectivity index (χ1n) is 6.83. The molecule has 0 fully saturated rings. The quantitative estimate of drug-likeness (QED) is 0.909. The van der Waals surface area contributed by atoms with Crippen LogP contribution >= 0.6 is 0 Å². The fourth-order valence-corrected chi connectivity index (χ4v) is 2.16. The standard InChI is InChI=1S/C15H21N3O2/c1-5-14-13(9-18(4)17-14)15(19)11-6-12(8-16-7-11)20-10(2)3/h6-10,15,19H,5H2,1-4H3. The Morgan fingerprint density at radius 3 is 2.75 bits per heavy atom. The van der Waals surface area contributed by atoms with Crippen molar-refractivity contribution in [1.29, 1.82) is 0 Å². The summed E-state index contributed by atoms with van der Waals surface area (Å²) in [4.78, 5) is 4.13. The van der Waals surface area contributed by atoms with Crippen LogP contribution in [0, 0.1) is 0 Å². The smallest absolute Gasteiger partial charge is 0.138 e. The lowest BCUT2D eigenvalue weighted by atomic mass is 10.0. The Bertz CT molecular complexity index is 578. The van der Waals surface area contributed by atoms with Gasteiger partial charge < -0.3 is 9.84 Å². The zero-order chi connectivity index (χ0) is 14.7. The molecular weight excluding hydrogens is 254 g/mol. The van der Waals surface area contributed by atoms with Gasteiger partial charge >= 0.3 is 0 Å². The summed E-state index contributed by atoms with van der Waals surface area (Å²) >= 11 is 0. The second-order valence-corrected chi connectivity index (χ2v) is 5.08. The van der Waals surface area contributed by atoms with E-state index in [4.69, 9.17) is 4.74 Å². The number of ether oxygens (including phenoxy) is 1. The van der Waals surface area contributed by atoms with Crippen LogP contribution in [0.5, 0.6) is 5.75 Å². The number of aliphatic hydroxyl groups excluding tert-OH is 1. The Morgan fingerprint density at radius 1 is 1.35 bits per heavy atom. The number of aryl methyl sites for hydroxylation is 2. The molecule has 2 aromatic heterocycles. The average Bonchev–Trinajstić information content (AvgIpc) is 2.78. The van der Waals surface area contributed by atoms with Crippen molar-refractivity contribution in [3.8, 4) is 5.75 Å². The highest BCUT2D eigenvalue weighted by molar-refractivity contribution is 5.33. The van der Waals surface area contributed by atoms with Crippen LogP contribution in [0.3, 0.4) is 0 Å². The molecule has 5 heteroatoms. The van der Waals surface area contributed by atoms with E-state index in [9.17, 15) is 5.11 Å². The van der Waals surface area contributed by atoms with Gasteiger partial charge in [-0.15, -0.1) is 0 Å². The Morgan fingerprint density at radius 2 is 2.10 bits per heavy atom. The van der Waals surface area contributed by atoms with Gasteiger partial charge in [-0.1, -0.05) is 6.92 Å². The number of nitrogens with zero attached hydrogens (tertiary/aromatic N) is 3. The van der Waals surface area contributed by atoms with Crippen molar-refractivity contribution in [2.75, 3.05) is 0 Å². The Labute approximate surface area is 119 Å². The molecule has 20 heavy (non-hydrogen) atoms. The molecule has 108 valence electrons. The molecule has 1 N–H and O–H groups in total. The number of aromatic nitrogens is 3. The molecule has 2 aromatic rings. The van der Waals surface area contributed by atoms with Crippen LogP contribution < -0.4 is 4.74 Å². The molecule has 0 radical (unpaired) electrons. The third kappa shape index (κ3) is 3.17. The van der Waals surface area contributed by atoms with E-state index in [1.807, 2.05) is 40.1 Å². The summed E-state index contributed by atoms with van der Waals surface area (Å²) in [5, 5.41) is 14.9. The minimum Gasteiger partial charge on any atom is -0.489 e. The van der Waals surface area contributed by atoms with Gasteiger partial charge in [-0.25, -0.2) is 0 Å². The molecule has 0 saturated heterocycles. The van der Waals surface area contributed by atoms with Crippen LogP contribution in [0.1, 0.15) is 43.7 Å². The van der Waals surface area contributed by atoms with Crippen molar-refractivity contribution >= 4 is 0 Å². The summed E-state index contributed by atoms with van der Waals surface area (Å²) in [6.07, 6.45) is 5.28. The van der Waals surface area contributed by atoms with Gasteiger partial charge in [-0.05, 0) is 26.3 Å². The van der Waals surface area contributed by atoms with E-state index in [1.54, 1.807) is 17.1 Å². The second kappa shape index (κ2) is 6.05. The lowest BCUT2D eigenvalue weighted by molar-refractivity contribution is 0.214. The van der Waals surface area contributed by atoms with Crippen LogP contribution in [0.15, 0.2) is 24.7 Å². The van der Waals surface area contributed by atoms with E-state index in [2.05, 4.69) is 10.1 Å². The SMILES string of the molecule is CCc1nn(C)cc1C(O)c1cncc(OC(C)C)c1. The third-order valence-electron chi connectivity index (χ3n) is 2.99. The Hall–Kier alpha value is -1.88. The van der Waals surface area contributed by atoms with E-state index >= 15 is 0 Å². The number of aliphatic hydroxyl groups is 1. The summed E-state index contributed by atoms with van der Waals surface area (Å²) < 4.78 is 7.33. The maximum absolute atomic E-state index is 10.5. The van der Waals surface area contributed by atoms with E-state index < -0.39 is 6.10 Å². The van der Waals surface area contributed by atoms with Gasteiger partial charge in [0.05, 0.1) is 18.0 Å². The maximum atomic E-state index is 10.5. The largest absolute Gasteiger partial charge is 0.489 e. The third-order valence-corrected chi connectivity index (χ3v) is 2.99. The summed E-state index contributed by atoms with van der Waals surface area (Å²) in [6, 6.07) is 1.82. The number of rotatable bonds is 5. The van der Waals surface area contributed by atoms with Crippen molar-refractivity contribution in [1.82, 2.24) is 14.8 Å². The predicted molar refractivity (Wildman–Crippen MR) is 76.6 cm³/mol. The van der Waals surface area contributed by atoms with Crippen molar-refractivity contribution in [2.24, 2.45) is 7.05 Å². The van der Waals surface area contributed by atoms with Crippen molar-refractivity contribution in [2.45, 2.75) is 39.4 Å². The van der Waals surface area contributed by atoms with Crippen LogP contribution in [-0.2, 0) is 13.5 Å². The molecule has 5 nitrogen and oxygen atoms in total. The molecule has 1 atom stereocenters. The first-order chi connectivity index (χ1) is 9.51. The van der Waals surface area contributed by atoms with Gasteiger partial charge in [0.2, 0.25) is 0 Å². The highest BCUT2D eigenvalue weighted by atomic mass is 16.5. The summed E-state index contributed by atoms with van der Waals surface area (Å²) in [5.41, 5.74) is 2.43. The summed E-state index contributed by atoms with van der Waals surface area (Å²) in [5.74, 6) is 0.665. The molecule has 0 aliphatic rings. The van der Waals surface area contributed by atoms with Crippen LogP contribution in [-0.4, -0.2) is 26.0 Å². The Balaban J connectivity index is 2.30. The molecular formula is C15H21N3O2. The lowest BCUT2D eigenvalue weighted by Crippen LogP contribution is -2.07. The molecule has 2 rings (SSSR count). The minimum atomic E-state index is -0.734. The second-order valence-electron chi connectivity index (χ2n) is 5.08. The molecule has 0 saturated carbocycles. The highest BCUT2D eigenvalue weighted by Gasteiger charge is 2.18. The zero-order valence-corrected chi connectivity index (χ0v) is 12.4. The van der Waals surface area contributed by atoms with E-state index in [-0.39, 0.29) is 6.10 Å². The molecule has 2 heterocycles. The zero-order valence-electron chi connectivity index (χ0n) is 12.4. The first-order valence-corrected chi connectivity index (χ1v) is 6.83. The molecule has 0 aliphatic heterocycles. The molecule has 0 aromatic carbocycles. The van der Waals surface area contributed by atoms with Crippen molar-refractivity contribution in [3.63, 3.8) is 0 Å². The van der Waals surface area contributed by atoms with Gasteiger partial charge in [-0.3, -0.25) is 9.67 Å². The van der Waals surface area contributed by atoms with Gasteiger partial charge in [0.25, 0.3) is 0 Å². The van der Waals surface area contributed by atoms with Gasteiger partial charge in [0.1, 0.15) is 11.9 Å². The lowest BCUT2D eigenvalue weighted by Gasteiger charge is -2.13. The first kappa shape index (κ1) is 14.5. The molecule has 0 amide bonds. The number of hydrogen-bond acceptors (Lipinski definition) is 4. The fraction of sp³-hybridized carbons (Fsp3) is 0.467. The van der Waals surface area contributed by atoms with E-state index in [0.29, 0.717) is 11.3 Å². The van der Waals surface area contributed by atoms with Crippen LogP contribution in [0.25, 0.3) is 0 Å². The monoisotopic (exact) mass is 275 g/mol. The fourth-order valence-electron chi connectivity index (χ4n) is 2.16. The molecule has 1 unspecified atom stereocenters. The van der Waals surface area contributed by atoms with Crippen LogP contribution in [0.2, 0.25) is 0 Å². The van der Waals surface area contributed by atoms with Gasteiger partial charge in [-0.2, -0.15) is 5.10 Å². The van der Waals surface area contributed by atoms with Crippen LogP contribution in [0.4, 0.5) is 0 Å². The normalized spacial score (nSPS) is 12.7. The summed E-state index contributed by atoms with van der Waals surface area (Å²) in [6.45, 7) is 5.94. The molecule has 0 bridgehead atoms. The van der Waals surface area contributed by atoms with E-state index in [0.717, 1.165) is 17.7 Å². The number of hydrogen-bond donors (Lipinski definition) is 1. The summed E-state index contributed by atoms with van der Waals surface area (Å²) in [7, 11) is 1.85. The van der Waals surface area contributed by atoms with Gasteiger partial charge in [0, 0.05) is 30.6 Å². The maximum Gasteiger partial charge on any atom is 0.138 e. The topological polar surface area (TPSA) is 60.2 Å². The average molecular weight is 275 g/mol. The molecule has 0 aliphatic carbocycles. The highest BCUT2D eigenvalue weighted by Crippen LogP contribution is 2.26. The predicted octanol–water partition coefficient (Wildman–Crippen LogP) is 2.25. The number of pyridine rings is 1. The van der Waals surface area contributed by atoms with Crippen molar-refractivity contribution in [3.05, 3.63) is 41.5 Å². The van der Waals surface area contributed by atoms with Crippen molar-refractivity contribution < 1.29 is 9.84 Å². The van der Waals surface area contributed by atoms with Gasteiger partial charge in [0.15, 0.2) is 0 Å². The molecule has 0 spiro atoms. The Kier molecular flexibility index (Phi) is 4.39.